The first-order valence-corrected chi connectivity index (χ1v) is 11.0. The van der Waals surface area contributed by atoms with Crippen molar-refractivity contribution in [2.75, 3.05) is 39.3 Å². The average Bonchev–Trinajstić information content (AvgIpc) is 3.43. The quantitative estimate of drug-likeness (QED) is 0.676. The minimum Gasteiger partial charge on any atom is -0.339 e. The summed E-state index contributed by atoms with van der Waals surface area (Å²) in [7, 11) is 0. The lowest BCUT2D eigenvalue weighted by atomic mass is 10.1. The van der Waals surface area contributed by atoms with E-state index in [0.29, 0.717) is 39.3 Å². The summed E-state index contributed by atoms with van der Waals surface area (Å²) >= 11 is 0. The number of amides is 3. The van der Waals surface area contributed by atoms with Crippen molar-refractivity contribution >= 4 is 17.7 Å². The van der Waals surface area contributed by atoms with E-state index < -0.39 is 11.8 Å². The summed E-state index contributed by atoms with van der Waals surface area (Å²) < 4.78 is 15.0. The first-order chi connectivity index (χ1) is 15.3. The summed E-state index contributed by atoms with van der Waals surface area (Å²) in [6, 6.07) is 6.07. The van der Waals surface area contributed by atoms with E-state index >= 15 is 0 Å². The van der Waals surface area contributed by atoms with Gasteiger partial charge in [0.1, 0.15) is 5.82 Å². The molecule has 2 aromatic rings. The van der Waals surface area contributed by atoms with Crippen molar-refractivity contribution < 1.29 is 18.8 Å². The van der Waals surface area contributed by atoms with E-state index in [-0.39, 0.29) is 18.1 Å². The summed E-state index contributed by atoms with van der Waals surface area (Å²) in [5.41, 5.74) is 3.18. The standard InChI is InChI=1S/C23H28FN5O3/c1-16-20(17(2)29(25-16)19-7-5-18(24)6-8-19)15-21(30)26-11-13-28(14-12-26)23(32)22(31)27-9-3-4-10-27/h5-8H,3-4,9-15H2,1-2H3. The fourth-order valence-corrected chi connectivity index (χ4v) is 4.38. The van der Waals surface area contributed by atoms with Gasteiger partial charge in [0.15, 0.2) is 0 Å². The van der Waals surface area contributed by atoms with Gasteiger partial charge >= 0.3 is 11.8 Å². The molecule has 2 aliphatic rings. The third-order valence-electron chi connectivity index (χ3n) is 6.34. The number of rotatable bonds is 3. The lowest BCUT2D eigenvalue weighted by Crippen LogP contribution is -2.54. The summed E-state index contributed by atoms with van der Waals surface area (Å²) in [4.78, 5) is 42.7. The number of aryl methyl sites for hydroxylation is 1. The topological polar surface area (TPSA) is 78.8 Å². The molecule has 2 aliphatic heterocycles. The fraction of sp³-hybridized carbons (Fsp3) is 0.478. The van der Waals surface area contributed by atoms with Crippen LogP contribution < -0.4 is 0 Å². The Bertz CT molecular complexity index is 1020. The lowest BCUT2D eigenvalue weighted by molar-refractivity contribution is -0.153. The van der Waals surface area contributed by atoms with Gasteiger partial charge in [0.05, 0.1) is 17.8 Å². The predicted molar refractivity (Wildman–Crippen MR) is 116 cm³/mol. The number of hydrogen-bond donors (Lipinski definition) is 0. The van der Waals surface area contributed by atoms with Crippen LogP contribution in [0.4, 0.5) is 4.39 Å². The number of piperazine rings is 1. The van der Waals surface area contributed by atoms with Crippen molar-refractivity contribution in [1.82, 2.24) is 24.5 Å². The Balaban J connectivity index is 1.36. The van der Waals surface area contributed by atoms with Gasteiger partial charge in [-0.25, -0.2) is 9.07 Å². The Kier molecular flexibility index (Phi) is 6.25. The van der Waals surface area contributed by atoms with Gasteiger partial charge in [-0.15, -0.1) is 0 Å². The van der Waals surface area contributed by atoms with Crippen molar-refractivity contribution in [3.63, 3.8) is 0 Å². The highest BCUT2D eigenvalue weighted by Gasteiger charge is 2.32. The number of nitrogens with zero attached hydrogens (tertiary/aromatic N) is 5. The van der Waals surface area contributed by atoms with Crippen LogP contribution in [0.5, 0.6) is 0 Å². The lowest BCUT2D eigenvalue weighted by Gasteiger charge is -2.35. The molecule has 0 radical (unpaired) electrons. The van der Waals surface area contributed by atoms with Crippen LogP contribution in [0.3, 0.4) is 0 Å². The maximum Gasteiger partial charge on any atom is 0.312 e. The van der Waals surface area contributed by atoms with Crippen LogP contribution >= 0.6 is 0 Å². The molecule has 0 atom stereocenters. The molecule has 0 bridgehead atoms. The first kappa shape index (κ1) is 22.0. The monoisotopic (exact) mass is 441 g/mol. The summed E-state index contributed by atoms with van der Waals surface area (Å²) in [6.45, 7) is 6.57. The van der Waals surface area contributed by atoms with Crippen molar-refractivity contribution in [2.24, 2.45) is 0 Å². The van der Waals surface area contributed by atoms with Crippen LogP contribution in [-0.2, 0) is 20.8 Å². The number of benzene rings is 1. The zero-order chi connectivity index (χ0) is 22.8. The van der Waals surface area contributed by atoms with E-state index in [1.165, 1.54) is 12.1 Å². The van der Waals surface area contributed by atoms with Crippen molar-refractivity contribution in [1.29, 1.82) is 0 Å². The number of halogens is 1. The Labute approximate surface area is 186 Å². The third kappa shape index (κ3) is 4.37. The van der Waals surface area contributed by atoms with Gasteiger partial charge in [0, 0.05) is 50.5 Å². The minimum atomic E-state index is -0.466. The third-order valence-corrected chi connectivity index (χ3v) is 6.34. The Hall–Kier alpha value is -3.23. The Morgan fingerprint density at radius 1 is 0.844 bits per heavy atom. The molecule has 0 unspecified atom stereocenters. The molecule has 0 saturated carbocycles. The molecule has 3 amide bonds. The van der Waals surface area contributed by atoms with Gasteiger partial charge in [0.25, 0.3) is 0 Å². The van der Waals surface area contributed by atoms with Crippen LogP contribution in [0, 0.1) is 19.7 Å². The van der Waals surface area contributed by atoms with Gasteiger partial charge < -0.3 is 14.7 Å². The smallest absolute Gasteiger partial charge is 0.312 e. The first-order valence-electron chi connectivity index (χ1n) is 11.0. The molecule has 2 saturated heterocycles. The number of aromatic nitrogens is 2. The Morgan fingerprint density at radius 3 is 1.97 bits per heavy atom. The van der Waals surface area contributed by atoms with Crippen LogP contribution in [0.1, 0.15) is 29.8 Å². The van der Waals surface area contributed by atoms with Crippen LogP contribution in [0.2, 0.25) is 0 Å². The predicted octanol–water partition coefficient (Wildman–Crippen LogP) is 1.46. The second kappa shape index (κ2) is 9.10. The maximum atomic E-state index is 13.2. The van der Waals surface area contributed by atoms with Crippen LogP contribution in [0.25, 0.3) is 5.69 Å². The zero-order valence-electron chi connectivity index (χ0n) is 18.5. The van der Waals surface area contributed by atoms with E-state index in [9.17, 15) is 18.8 Å². The molecule has 9 heteroatoms. The minimum absolute atomic E-state index is 0.0344. The summed E-state index contributed by atoms with van der Waals surface area (Å²) in [6.07, 6.45) is 2.09. The van der Waals surface area contributed by atoms with Gasteiger partial charge in [-0.05, 0) is 51.0 Å². The van der Waals surface area contributed by atoms with E-state index in [2.05, 4.69) is 5.10 Å². The van der Waals surface area contributed by atoms with Gasteiger partial charge in [-0.2, -0.15) is 5.10 Å². The molecule has 0 aliphatic carbocycles. The van der Waals surface area contributed by atoms with Gasteiger partial charge in [0.2, 0.25) is 5.91 Å². The highest BCUT2D eigenvalue weighted by atomic mass is 19.1. The van der Waals surface area contributed by atoms with E-state index in [0.717, 1.165) is 35.5 Å². The van der Waals surface area contributed by atoms with E-state index in [1.807, 2.05) is 13.8 Å². The van der Waals surface area contributed by atoms with Crippen molar-refractivity contribution in [3.8, 4) is 5.69 Å². The number of carbonyl (C=O) groups excluding carboxylic acids is 3. The van der Waals surface area contributed by atoms with Crippen molar-refractivity contribution in [2.45, 2.75) is 33.1 Å². The zero-order valence-corrected chi connectivity index (χ0v) is 18.5. The highest BCUT2D eigenvalue weighted by Crippen LogP contribution is 2.20. The summed E-state index contributed by atoms with van der Waals surface area (Å²) in [5.74, 6) is -1.24. The molecule has 0 spiro atoms. The molecule has 170 valence electrons. The number of hydrogen-bond acceptors (Lipinski definition) is 4. The molecule has 1 aromatic carbocycles. The number of carbonyl (C=O) groups is 3. The Morgan fingerprint density at radius 2 is 1.38 bits per heavy atom. The second-order valence-electron chi connectivity index (χ2n) is 8.39. The molecule has 32 heavy (non-hydrogen) atoms. The van der Waals surface area contributed by atoms with E-state index in [1.54, 1.807) is 31.5 Å². The molecular weight excluding hydrogens is 413 g/mol. The normalized spacial score (nSPS) is 16.5. The maximum absolute atomic E-state index is 13.2. The largest absolute Gasteiger partial charge is 0.339 e. The highest BCUT2D eigenvalue weighted by molar-refractivity contribution is 6.35. The van der Waals surface area contributed by atoms with Crippen molar-refractivity contribution in [3.05, 3.63) is 47.0 Å². The fourth-order valence-electron chi connectivity index (χ4n) is 4.38. The number of likely N-dealkylation sites (tertiary alicyclic amines) is 1. The molecule has 4 rings (SSSR count). The average molecular weight is 442 g/mol. The second-order valence-corrected chi connectivity index (χ2v) is 8.39. The molecule has 1 aromatic heterocycles. The molecule has 8 nitrogen and oxygen atoms in total. The molecule has 3 heterocycles. The molecular formula is C23H28FN5O3. The SMILES string of the molecule is Cc1nn(-c2ccc(F)cc2)c(C)c1CC(=O)N1CCN(C(=O)C(=O)N2CCCC2)CC1. The van der Waals surface area contributed by atoms with Gasteiger partial charge in [-0.3, -0.25) is 14.4 Å². The molecule has 0 N–H and O–H groups in total. The van der Waals surface area contributed by atoms with Gasteiger partial charge in [-0.1, -0.05) is 0 Å². The van der Waals surface area contributed by atoms with Crippen LogP contribution in [0.15, 0.2) is 24.3 Å². The molecule has 2 fully saturated rings. The summed E-state index contributed by atoms with van der Waals surface area (Å²) in [5, 5.41) is 4.53. The van der Waals surface area contributed by atoms with Crippen LogP contribution in [-0.4, -0.2) is 81.5 Å². The van der Waals surface area contributed by atoms with E-state index in [4.69, 9.17) is 0 Å².